The number of nitrogens with zero attached hydrogens (tertiary/aromatic N) is 5. The van der Waals surface area contributed by atoms with Crippen LogP contribution in [-0.2, 0) is 4.74 Å². The first-order chi connectivity index (χ1) is 18.5. The molecule has 0 spiro atoms. The van der Waals surface area contributed by atoms with Gasteiger partial charge in [-0.15, -0.1) is 5.10 Å². The van der Waals surface area contributed by atoms with Crippen molar-refractivity contribution < 1.29 is 14.3 Å². The summed E-state index contributed by atoms with van der Waals surface area (Å²) in [5.41, 5.74) is 3.92. The van der Waals surface area contributed by atoms with Crippen LogP contribution >= 0.6 is 0 Å². The van der Waals surface area contributed by atoms with Crippen molar-refractivity contribution in [3.8, 4) is 5.69 Å². The Kier molecular flexibility index (Phi) is 7.41. The number of anilines is 2. The number of pyridine rings is 1. The maximum absolute atomic E-state index is 13.0. The SMILES string of the molecule is Cc1ccc(NC(=O)c2ccnc(N3CCOCC3)c2)cc1-n1cc(C(=O)N[C@H](C)c2ccccc2)nn1. The summed E-state index contributed by atoms with van der Waals surface area (Å²) in [6.45, 7) is 6.60. The predicted octanol–water partition coefficient (Wildman–Crippen LogP) is 3.55. The molecule has 1 aliphatic heterocycles. The second-order valence-corrected chi connectivity index (χ2v) is 9.11. The average Bonchev–Trinajstić information content (AvgIpc) is 3.45. The van der Waals surface area contributed by atoms with Crippen molar-refractivity contribution in [3.63, 3.8) is 0 Å². The zero-order valence-electron chi connectivity index (χ0n) is 21.3. The molecular weight excluding hydrogens is 482 g/mol. The van der Waals surface area contributed by atoms with Gasteiger partial charge in [0.1, 0.15) is 5.82 Å². The Morgan fingerprint density at radius 1 is 1.00 bits per heavy atom. The first-order valence-corrected chi connectivity index (χ1v) is 12.5. The average molecular weight is 512 g/mol. The Bertz CT molecular complexity index is 1430. The van der Waals surface area contributed by atoms with E-state index < -0.39 is 0 Å². The number of benzene rings is 2. The van der Waals surface area contributed by atoms with Crippen LogP contribution in [0.3, 0.4) is 0 Å². The number of hydrogen-bond acceptors (Lipinski definition) is 7. The van der Waals surface area contributed by atoms with E-state index in [1.807, 2.05) is 56.3 Å². The van der Waals surface area contributed by atoms with Crippen molar-refractivity contribution in [2.24, 2.45) is 0 Å². The molecule has 0 aliphatic carbocycles. The molecule has 10 nitrogen and oxygen atoms in total. The molecule has 0 bridgehead atoms. The quantitative estimate of drug-likeness (QED) is 0.390. The third-order valence-electron chi connectivity index (χ3n) is 6.43. The van der Waals surface area contributed by atoms with Crippen molar-refractivity contribution in [2.75, 3.05) is 36.5 Å². The summed E-state index contributed by atoms with van der Waals surface area (Å²) in [5.74, 6) is 0.189. The van der Waals surface area contributed by atoms with E-state index in [1.165, 1.54) is 4.68 Å². The van der Waals surface area contributed by atoms with E-state index >= 15 is 0 Å². The third-order valence-corrected chi connectivity index (χ3v) is 6.43. The molecule has 1 fully saturated rings. The molecule has 0 saturated carbocycles. The molecule has 3 heterocycles. The summed E-state index contributed by atoms with van der Waals surface area (Å²) >= 11 is 0. The minimum Gasteiger partial charge on any atom is -0.378 e. The molecule has 1 aliphatic rings. The Balaban J connectivity index is 1.29. The smallest absolute Gasteiger partial charge is 0.273 e. The highest BCUT2D eigenvalue weighted by molar-refractivity contribution is 6.04. The van der Waals surface area contributed by atoms with Gasteiger partial charge in [-0.2, -0.15) is 0 Å². The molecule has 0 radical (unpaired) electrons. The van der Waals surface area contributed by atoms with E-state index in [9.17, 15) is 9.59 Å². The standard InChI is InChI=1S/C28H29N7O3/c1-19-8-9-23(31-27(36)22-10-11-29-26(16-22)34-12-14-38-15-13-34)17-25(19)35-18-24(32-33-35)28(37)30-20(2)21-6-4-3-5-7-21/h3-11,16-18,20H,12-15H2,1-2H3,(H,30,37)(H,31,36)/t20-/m1/s1. The molecule has 2 N–H and O–H groups in total. The summed E-state index contributed by atoms with van der Waals surface area (Å²) < 4.78 is 6.94. The fourth-order valence-corrected chi connectivity index (χ4v) is 4.24. The lowest BCUT2D eigenvalue weighted by molar-refractivity contribution is 0.0934. The number of carbonyl (C=O) groups excluding carboxylic acids is 2. The van der Waals surface area contributed by atoms with Crippen molar-refractivity contribution in [3.05, 3.63) is 95.4 Å². The number of rotatable bonds is 7. The maximum Gasteiger partial charge on any atom is 0.273 e. The van der Waals surface area contributed by atoms with Gasteiger partial charge in [-0.3, -0.25) is 9.59 Å². The van der Waals surface area contributed by atoms with Crippen LogP contribution in [0.4, 0.5) is 11.5 Å². The number of hydrogen-bond donors (Lipinski definition) is 2. The largest absolute Gasteiger partial charge is 0.378 e. The highest BCUT2D eigenvalue weighted by atomic mass is 16.5. The van der Waals surface area contributed by atoms with Gasteiger partial charge in [0.25, 0.3) is 11.8 Å². The van der Waals surface area contributed by atoms with Crippen LogP contribution in [0.1, 0.15) is 44.9 Å². The third kappa shape index (κ3) is 5.70. The molecule has 5 rings (SSSR count). The van der Waals surface area contributed by atoms with Gasteiger partial charge < -0.3 is 20.3 Å². The second-order valence-electron chi connectivity index (χ2n) is 9.11. The Hall–Kier alpha value is -4.57. The number of nitrogens with one attached hydrogen (secondary N) is 2. The van der Waals surface area contributed by atoms with Crippen LogP contribution < -0.4 is 15.5 Å². The highest BCUT2D eigenvalue weighted by Gasteiger charge is 2.17. The van der Waals surface area contributed by atoms with Crippen LogP contribution in [0.5, 0.6) is 0 Å². The van der Waals surface area contributed by atoms with Crippen LogP contribution in [0.2, 0.25) is 0 Å². The van der Waals surface area contributed by atoms with Crippen LogP contribution in [0, 0.1) is 6.92 Å². The van der Waals surface area contributed by atoms with Crippen molar-refractivity contribution >= 4 is 23.3 Å². The molecule has 2 amide bonds. The van der Waals surface area contributed by atoms with E-state index in [0.717, 1.165) is 30.0 Å². The lowest BCUT2D eigenvalue weighted by Crippen LogP contribution is -2.36. The number of morpholine rings is 1. The number of carbonyl (C=O) groups is 2. The van der Waals surface area contributed by atoms with E-state index in [4.69, 9.17) is 4.74 Å². The predicted molar refractivity (Wildman–Crippen MR) is 144 cm³/mol. The molecular formula is C28H29N7O3. The number of aromatic nitrogens is 4. The molecule has 0 unspecified atom stereocenters. The Morgan fingerprint density at radius 3 is 2.58 bits per heavy atom. The first-order valence-electron chi connectivity index (χ1n) is 12.5. The van der Waals surface area contributed by atoms with E-state index in [0.29, 0.717) is 30.2 Å². The molecule has 194 valence electrons. The molecule has 10 heteroatoms. The Morgan fingerprint density at radius 2 is 1.79 bits per heavy atom. The van der Waals surface area contributed by atoms with E-state index in [-0.39, 0.29) is 23.6 Å². The minimum absolute atomic E-state index is 0.175. The number of ether oxygens (including phenoxy) is 1. The molecule has 1 saturated heterocycles. The first kappa shape index (κ1) is 25.1. The van der Waals surface area contributed by atoms with Crippen LogP contribution in [-0.4, -0.2) is 58.1 Å². The number of aryl methyl sites for hydroxylation is 1. The monoisotopic (exact) mass is 511 g/mol. The van der Waals surface area contributed by atoms with E-state index in [1.54, 1.807) is 30.6 Å². The van der Waals surface area contributed by atoms with Crippen molar-refractivity contribution in [1.82, 2.24) is 25.3 Å². The summed E-state index contributed by atoms with van der Waals surface area (Å²) in [6, 6.07) is 18.5. The van der Waals surface area contributed by atoms with Gasteiger partial charge in [0.15, 0.2) is 5.69 Å². The molecule has 2 aromatic heterocycles. The highest BCUT2D eigenvalue weighted by Crippen LogP contribution is 2.21. The fourth-order valence-electron chi connectivity index (χ4n) is 4.24. The summed E-state index contributed by atoms with van der Waals surface area (Å²) in [7, 11) is 0. The molecule has 2 aromatic carbocycles. The van der Waals surface area contributed by atoms with Gasteiger partial charge >= 0.3 is 0 Å². The summed E-state index contributed by atoms with van der Waals surface area (Å²) in [6.07, 6.45) is 3.22. The lowest BCUT2D eigenvalue weighted by atomic mass is 10.1. The second kappa shape index (κ2) is 11.2. The normalized spacial score (nSPS) is 14.1. The van der Waals surface area contributed by atoms with E-state index in [2.05, 4.69) is 30.8 Å². The van der Waals surface area contributed by atoms with Gasteiger partial charge in [-0.25, -0.2) is 9.67 Å². The summed E-state index contributed by atoms with van der Waals surface area (Å²) in [4.78, 5) is 32.3. The maximum atomic E-state index is 13.0. The molecule has 1 atom stereocenters. The Labute approximate surface area is 220 Å². The van der Waals surface area contributed by atoms with Gasteiger partial charge in [0.2, 0.25) is 0 Å². The van der Waals surface area contributed by atoms with Crippen LogP contribution in [0.15, 0.2) is 73.1 Å². The molecule has 4 aromatic rings. The van der Waals surface area contributed by atoms with Gasteiger partial charge in [0, 0.05) is 30.5 Å². The number of amides is 2. The zero-order valence-corrected chi connectivity index (χ0v) is 21.3. The lowest BCUT2D eigenvalue weighted by Gasteiger charge is -2.27. The van der Waals surface area contributed by atoms with Gasteiger partial charge in [-0.1, -0.05) is 41.6 Å². The van der Waals surface area contributed by atoms with Crippen molar-refractivity contribution in [2.45, 2.75) is 19.9 Å². The fraction of sp³-hybridized carbons (Fsp3) is 0.250. The topological polar surface area (TPSA) is 114 Å². The minimum atomic E-state index is -0.316. The molecule has 38 heavy (non-hydrogen) atoms. The van der Waals surface area contributed by atoms with Crippen LogP contribution in [0.25, 0.3) is 5.69 Å². The zero-order chi connectivity index (χ0) is 26.5. The van der Waals surface area contributed by atoms with Gasteiger partial charge in [-0.05, 0) is 49.2 Å². The van der Waals surface area contributed by atoms with Gasteiger partial charge in [0.05, 0.1) is 31.1 Å². The van der Waals surface area contributed by atoms with Crippen molar-refractivity contribution in [1.29, 1.82) is 0 Å². The summed E-state index contributed by atoms with van der Waals surface area (Å²) in [5, 5.41) is 14.1.